The molecule has 0 heterocycles. The van der Waals surface area contributed by atoms with Gasteiger partial charge in [-0.25, -0.2) is 0 Å². The molecule has 0 fully saturated rings. The molecule has 3 N–H and O–H groups in total. The quantitative estimate of drug-likeness (QED) is 0.783. The molecule has 0 radical (unpaired) electrons. The van der Waals surface area contributed by atoms with Gasteiger partial charge in [0.2, 0.25) is 5.91 Å². The van der Waals surface area contributed by atoms with Crippen LogP contribution in [0.25, 0.3) is 0 Å². The van der Waals surface area contributed by atoms with Gasteiger partial charge in [-0.15, -0.1) is 11.8 Å². The lowest BCUT2D eigenvalue weighted by Gasteiger charge is -2.25. The maximum absolute atomic E-state index is 12.6. The van der Waals surface area contributed by atoms with Crippen molar-refractivity contribution in [2.45, 2.75) is 30.1 Å². The largest absolute Gasteiger partial charge is 0.369 e. The molecule has 3 rings (SSSR count). The van der Waals surface area contributed by atoms with Crippen molar-refractivity contribution in [3.05, 3.63) is 65.2 Å². The molecule has 0 aromatic heterocycles. The van der Waals surface area contributed by atoms with Gasteiger partial charge in [0.1, 0.15) is 0 Å². The van der Waals surface area contributed by atoms with Crippen LogP contribution in [0.3, 0.4) is 0 Å². The summed E-state index contributed by atoms with van der Waals surface area (Å²) in [4.78, 5) is 24.4. The maximum Gasteiger partial charge on any atom is 0.252 e. The molecule has 25 heavy (non-hydrogen) atoms. The number of hydrogen-bond donors (Lipinski definition) is 2. The van der Waals surface area contributed by atoms with Crippen LogP contribution in [-0.4, -0.2) is 24.1 Å². The first-order valence-corrected chi connectivity index (χ1v) is 9.50. The van der Waals surface area contributed by atoms with Crippen LogP contribution in [-0.2, 0) is 11.2 Å². The second kappa shape index (κ2) is 8.21. The second-order valence-electron chi connectivity index (χ2n) is 6.25. The van der Waals surface area contributed by atoms with E-state index in [2.05, 4.69) is 29.6 Å². The Hall–Kier alpha value is -2.27. The van der Waals surface area contributed by atoms with Crippen molar-refractivity contribution in [1.82, 2.24) is 5.32 Å². The van der Waals surface area contributed by atoms with Crippen LogP contribution in [0.1, 0.15) is 40.2 Å². The van der Waals surface area contributed by atoms with E-state index in [1.54, 1.807) is 6.07 Å². The van der Waals surface area contributed by atoms with Gasteiger partial charge in [-0.1, -0.05) is 36.4 Å². The highest BCUT2D eigenvalue weighted by molar-refractivity contribution is 8.00. The van der Waals surface area contributed by atoms with Gasteiger partial charge in [-0.05, 0) is 42.5 Å². The van der Waals surface area contributed by atoms with Gasteiger partial charge in [0, 0.05) is 17.4 Å². The van der Waals surface area contributed by atoms with E-state index in [1.807, 2.05) is 18.2 Å². The van der Waals surface area contributed by atoms with Crippen LogP contribution < -0.4 is 11.1 Å². The Kier molecular flexibility index (Phi) is 5.76. The van der Waals surface area contributed by atoms with Gasteiger partial charge >= 0.3 is 0 Å². The summed E-state index contributed by atoms with van der Waals surface area (Å²) in [6.07, 6.45) is 3.37. The molecular weight excluding hydrogens is 332 g/mol. The second-order valence-corrected chi connectivity index (χ2v) is 7.27. The number of aryl methyl sites for hydroxylation is 1. The van der Waals surface area contributed by atoms with Gasteiger partial charge in [-0.2, -0.15) is 0 Å². The molecule has 0 saturated heterocycles. The van der Waals surface area contributed by atoms with E-state index in [0.717, 1.165) is 24.2 Å². The van der Waals surface area contributed by atoms with Crippen LogP contribution in [0.5, 0.6) is 0 Å². The highest BCUT2D eigenvalue weighted by Gasteiger charge is 2.21. The fraction of sp³-hybridized carbons (Fsp3) is 0.300. The van der Waals surface area contributed by atoms with E-state index in [4.69, 9.17) is 5.73 Å². The predicted octanol–water partition coefficient (Wildman–Crippen LogP) is 3.11. The van der Waals surface area contributed by atoms with E-state index in [-0.39, 0.29) is 17.6 Å². The summed E-state index contributed by atoms with van der Waals surface area (Å²) in [6.45, 7) is 0.630. The zero-order valence-electron chi connectivity index (χ0n) is 14.0. The van der Waals surface area contributed by atoms with Gasteiger partial charge in [0.05, 0.1) is 11.3 Å². The molecule has 0 aliphatic heterocycles. The third kappa shape index (κ3) is 4.42. The molecule has 0 spiro atoms. The molecule has 2 amide bonds. The van der Waals surface area contributed by atoms with E-state index in [1.165, 1.54) is 22.9 Å². The molecule has 130 valence electrons. The van der Waals surface area contributed by atoms with Gasteiger partial charge < -0.3 is 11.1 Å². The van der Waals surface area contributed by atoms with Crippen molar-refractivity contribution in [1.29, 1.82) is 0 Å². The Morgan fingerprint density at radius 1 is 1.12 bits per heavy atom. The number of amides is 2. The Balaban J connectivity index is 1.67. The minimum Gasteiger partial charge on any atom is -0.369 e. The van der Waals surface area contributed by atoms with Crippen molar-refractivity contribution in [2.24, 2.45) is 5.73 Å². The monoisotopic (exact) mass is 354 g/mol. The van der Waals surface area contributed by atoms with E-state index >= 15 is 0 Å². The fourth-order valence-electron chi connectivity index (χ4n) is 3.31. The molecular formula is C20H22N2O2S. The van der Waals surface area contributed by atoms with Crippen molar-refractivity contribution >= 4 is 23.6 Å². The highest BCUT2D eigenvalue weighted by Crippen LogP contribution is 2.31. The molecule has 0 bridgehead atoms. The summed E-state index contributed by atoms with van der Waals surface area (Å²) in [5, 5.41) is 3.07. The average molecular weight is 354 g/mol. The van der Waals surface area contributed by atoms with Crippen molar-refractivity contribution in [2.75, 3.05) is 12.3 Å². The van der Waals surface area contributed by atoms with Gasteiger partial charge in [0.15, 0.2) is 0 Å². The van der Waals surface area contributed by atoms with Crippen molar-refractivity contribution in [3.8, 4) is 0 Å². The van der Waals surface area contributed by atoms with Crippen molar-refractivity contribution in [3.63, 3.8) is 0 Å². The third-order valence-corrected chi connectivity index (χ3v) is 5.60. The van der Waals surface area contributed by atoms with Crippen LogP contribution in [0.15, 0.2) is 53.4 Å². The summed E-state index contributed by atoms with van der Waals surface area (Å²) in [5.41, 5.74) is 8.55. The molecule has 0 saturated carbocycles. The minimum atomic E-state index is -0.390. The molecule has 4 nitrogen and oxygen atoms in total. The maximum atomic E-state index is 12.6. The third-order valence-electron chi connectivity index (χ3n) is 4.50. The van der Waals surface area contributed by atoms with Crippen LogP contribution >= 0.6 is 11.8 Å². The topological polar surface area (TPSA) is 72.2 Å². The van der Waals surface area contributed by atoms with Crippen molar-refractivity contribution < 1.29 is 9.59 Å². The first-order valence-electron chi connectivity index (χ1n) is 8.51. The van der Waals surface area contributed by atoms with E-state index < -0.39 is 0 Å². The summed E-state index contributed by atoms with van der Waals surface area (Å²) in [6, 6.07) is 15.8. The molecule has 1 atom stereocenters. The molecule has 1 aliphatic carbocycles. The SMILES string of the molecule is NC(=O)CSc1ccccc1C(=O)NCC1CCCc2ccccc21. The normalized spacial score (nSPS) is 16.1. The van der Waals surface area contributed by atoms with Gasteiger partial charge in [0.25, 0.3) is 5.91 Å². The molecule has 5 heteroatoms. The average Bonchev–Trinajstić information content (AvgIpc) is 2.64. The molecule has 1 aliphatic rings. The van der Waals surface area contributed by atoms with E-state index in [0.29, 0.717) is 18.0 Å². The standard InChI is InChI=1S/C20H22N2O2S/c21-19(23)13-25-18-11-4-3-10-17(18)20(24)22-12-15-8-5-7-14-6-1-2-9-16(14)15/h1-4,6,9-11,15H,5,7-8,12-13H2,(H2,21,23)(H,22,24). The number of benzene rings is 2. The first kappa shape index (κ1) is 17.5. The summed E-state index contributed by atoms with van der Waals surface area (Å²) < 4.78 is 0. The number of carbonyl (C=O) groups excluding carboxylic acids is 2. The Morgan fingerprint density at radius 3 is 2.72 bits per heavy atom. The van der Waals surface area contributed by atoms with Gasteiger partial charge in [-0.3, -0.25) is 9.59 Å². The lowest BCUT2D eigenvalue weighted by Crippen LogP contribution is -2.30. The summed E-state index contributed by atoms with van der Waals surface area (Å²) >= 11 is 1.30. The highest BCUT2D eigenvalue weighted by atomic mass is 32.2. The zero-order valence-corrected chi connectivity index (χ0v) is 14.9. The van der Waals surface area contributed by atoms with Crippen LogP contribution in [0.4, 0.5) is 0 Å². The number of nitrogens with one attached hydrogen (secondary N) is 1. The Labute approximate surface area is 152 Å². The Morgan fingerprint density at radius 2 is 1.88 bits per heavy atom. The summed E-state index contributed by atoms with van der Waals surface area (Å²) in [5.74, 6) is 0.0364. The van der Waals surface area contributed by atoms with E-state index in [9.17, 15) is 9.59 Å². The zero-order chi connectivity index (χ0) is 17.6. The Bertz CT molecular complexity index is 776. The lowest BCUT2D eigenvalue weighted by molar-refractivity contribution is -0.115. The number of thioether (sulfide) groups is 1. The molecule has 2 aromatic rings. The van der Waals surface area contributed by atoms with Crippen LogP contribution in [0.2, 0.25) is 0 Å². The van der Waals surface area contributed by atoms with Crippen LogP contribution in [0, 0.1) is 0 Å². The molecule has 1 unspecified atom stereocenters. The predicted molar refractivity (Wildman–Crippen MR) is 101 cm³/mol. The number of carbonyl (C=O) groups is 2. The summed E-state index contributed by atoms with van der Waals surface area (Å²) in [7, 11) is 0. The number of fused-ring (bicyclic) bond motifs is 1. The number of rotatable bonds is 6. The smallest absolute Gasteiger partial charge is 0.252 e. The number of primary amides is 1. The number of nitrogens with two attached hydrogens (primary N) is 1. The first-order chi connectivity index (χ1) is 12.1. The fourth-order valence-corrected chi connectivity index (χ4v) is 4.10. The number of hydrogen-bond acceptors (Lipinski definition) is 3. The lowest BCUT2D eigenvalue weighted by atomic mass is 9.83. The molecule has 2 aromatic carbocycles. The minimum absolute atomic E-state index is 0.101.